The first kappa shape index (κ1) is 28.0. The third kappa shape index (κ3) is 6.14. The van der Waals surface area contributed by atoms with Crippen LogP contribution in [-0.2, 0) is 16.1 Å². The van der Waals surface area contributed by atoms with Gasteiger partial charge in [-0.25, -0.2) is 15.0 Å². The van der Waals surface area contributed by atoms with Crippen LogP contribution >= 0.6 is 0 Å². The summed E-state index contributed by atoms with van der Waals surface area (Å²) in [5.41, 5.74) is 3.88. The van der Waals surface area contributed by atoms with Gasteiger partial charge in [-0.2, -0.15) is 0 Å². The van der Waals surface area contributed by atoms with Crippen molar-refractivity contribution in [2.24, 2.45) is 0 Å². The van der Waals surface area contributed by atoms with Crippen LogP contribution in [0.3, 0.4) is 0 Å². The molecule has 5 rings (SSSR count). The number of rotatable bonds is 10. The molecular formula is C29H32N6O6. The van der Waals surface area contributed by atoms with Crippen molar-refractivity contribution in [2.75, 3.05) is 26.1 Å². The molecule has 214 valence electrons. The van der Waals surface area contributed by atoms with Crippen LogP contribution in [0.2, 0.25) is 0 Å². The summed E-state index contributed by atoms with van der Waals surface area (Å²) in [6.45, 7) is 2.13. The van der Waals surface area contributed by atoms with Gasteiger partial charge >= 0.3 is 0 Å². The first-order valence-electron chi connectivity index (χ1n) is 13.0. The summed E-state index contributed by atoms with van der Waals surface area (Å²) in [5, 5.41) is 26.8. The molecule has 12 heteroatoms. The summed E-state index contributed by atoms with van der Waals surface area (Å²) < 4.78 is 18.1. The lowest BCUT2D eigenvalue weighted by molar-refractivity contribution is -0.118. The molecule has 1 fully saturated rings. The number of aryl methyl sites for hydroxylation is 1. The molecule has 3 heterocycles. The Hall–Kier alpha value is -4.52. The third-order valence-corrected chi connectivity index (χ3v) is 6.84. The van der Waals surface area contributed by atoms with E-state index >= 15 is 0 Å². The highest BCUT2D eigenvalue weighted by molar-refractivity contribution is 5.92. The van der Waals surface area contributed by atoms with Gasteiger partial charge in [0.15, 0.2) is 23.2 Å². The molecule has 1 aliphatic rings. The van der Waals surface area contributed by atoms with E-state index in [9.17, 15) is 15.0 Å². The van der Waals surface area contributed by atoms with Crippen LogP contribution < -0.4 is 20.1 Å². The summed E-state index contributed by atoms with van der Waals surface area (Å²) >= 11 is 0. The van der Waals surface area contributed by atoms with Crippen molar-refractivity contribution in [1.29, 1.82) is 0 Å². The number of ether oxygens (including phenoxy) is 3. The smallest absolute Gasteiger partial charge is 0.244 e. The zero-order valence-electron chi connectivity index (χ0n) is 22.9. The molecule has 0 aliphatic carbocycles. The van der Waals surface area contributed by atoms with E-state index < -0.39 is 37.0 Å². The summed E-state index contributed by atoms with van der Waals surface area (Å²) in [5.74, 6) is 1.22. The predicted molar refractivity (Wildman–Crippen MR) is 151 cm³/mol. The molecule has 4 aromatic rings. The normalized spacial score (nSPS) is 20.4. The molecule has 0 bridgehead atoms. The van der Waals surface area contributed by atoms with Gasteiger partial charge in [0.05, 0.1) is 27.2 Å². The Kier molecular flexibility index (Phi) is 8.43. The predicted octanol–water partition coefficient (Wildman–Crippen LogP) is 2.21. The molecule has 41 heavy (non-hydrogen) atoms. The lowest BCUT2D eigenvalue weighted by Crippen LogP contribution is -2.46. The van der Waals surface area contributed by atoms with Crippen LogP contribution in [-0.4, -0.2) is 74.7 Å². The number of nitrogens with zero attached hydrogens (tertiary/aromatic N) is 4. The van der Waals surface area contributed by atoms with Gasteiger partial charge in [0.1, 0.15) is 36.1 Å². The Labute approximate surface area is 236 Å². The number of amides is 1. The number of aliphatic hydroxyl groups is 2. The van der Waals surface area contributed by atoms with Crippen LogP contribution in [0.4, 0.5) is 5.82 Å². The Bertz CT molecular complexity index is 1530. The van der Waals surface area contributed by atoms with Gasteiger partial charge in [0.2, 0.25) is 5.91 Å². The number of hydrogen-bond donors (Lipinski definition) is 4. The molecule has 0 radical (unpaired) electrons. The van der Waals surface area contributed by atoms with Gasteiger partial charge in [-0.05, 0) is 36.3 Å². The minimum absolute atomic E-state index is 0.436. The average Bonchev–Trinajstić information content (AvgIpc) is 3.55. The maximum absolute atomic E-state index is 12.9. The van der Waals surface area contributed by atoms with Gasteiger partial charge in [-0.15, -0.1) is 0 Å². The van der Waals surface area contributed by atoms with Crippen molar-refractivity contribution >= 4 is 29.0 Å². The summed E-state index contributed by atoms with van der Waals surface area (Å²) in [6, 6.07) is 12.5. The molecule has 0 spiro atoms. The molecule has 2 aromatic carbocycles. The number of anilines is 1. The first-order chi connectivity index (χ1) is 19.9. The molecule has 12 nitrogen and oxygen atoms in total. The van der Waals surface area contributed by atoms with Crippen molar-refractivity contribution in [3.05, 3.63) is 77.9 Å². The number of carbonyl (C=O) groups excluding carboxylic acids is 1. The highest BCUT2D eigenvalue weighted by Gasteiger charge is 2.45. The van der Waals surface area contributed by atoms with Crippen LogP contribution in [0.15, 0.2) is 61.2 Å². The largest absolute Gasteiger partial charge is 0.497 e. The molecule has 4 atom stereocenters. The van der Waals surface area contributed by atoms with Crippen LogP contribution in [0.25, 0.3) is 17.2 Å². The Morgan fingerprint density at radius 2 is 1.90 bits per heavy atom. The molecule has 2 aromatic heterocycles. The Morgan fingerprint density at radius 3 is 2.61 bits per heavy atom. The summed E-state index contributed by atoms with van der Waals surface area (Å²) in [4.78, 5) is 26.2. The molecule has 0 saturated carbocycles. The Balaban J connectivity index is 1.36. The van der Waals surface area contributed by atoms with E-state index in [1.54, 1.807) is 43.1 Å². The number of fused-ring (bicyclic) bond motifs is 1. The number of imidazole rings is 1. The zero-order valence-corrected chi connectivity index (χ0v) is 22.9. The van der Waals surface area contributed by atoms with Crippen molar-refractivity contribution in [3.8, 4) is 11.5 Å². The van der Waals surface area contributed by atoms with Crippen LogP contribution in [0.5, 0.6) is 11.5 Å². The fourth-order valence-corrected chi connectivity index (χ4v) is 4.78. The number of hydrogen-bond acceptors (Lipinski definition) is 10. The number of aliphatic hydroxyl groups excluding tert-OH is 2. The summed E-state index contributed by atoms with van der Waals surface area (Å²) in [7, 11) is 3.09. The van der Waals surface area contributed by atoms with E-state index in [-0.39, 0.29) is 0 Å². The Morgan fingerprint density at radius 1 is 1.12 bits per heavy atom. The second kappa shape index (κ2) is 12.3. The number of carbonyl (C=O) groups is 1. The fraction of sp³-hybridized carbons (Fsp3) is 0.310. The molecule has 0 unspecified atom stereocenters. The van der Waals surface area contributed by atoms with Crippen molar-refractivity contribution in [3.63, 3.8) is 0 Å². The van der Waals surface area contributed by atoms with Crippen molar-refractivity contribution in [2.45, 2.75) is 37.9 Å². The lowest BCUT2D eigenvalue weighted by Gasteiger charge is -2.22. The van der Waals surface area contributed by atoms with E-state index in [0.717, 1.165) is 11.1 Å². The van der Waals surface area contributed by atoms with E-state index in [1.807, 2.05) is 25.1 Å². The van der Waals surface area contributed by atoms with E-state index in [4.69, 9.17) is 14.2 Å². The number of benzene rings is 2. The lowest BCUT2D eigenvalue weighted by atomic mass is 10.1. The van der Waals surface area contributed by atoms with E-state index in [1.165, 1.54) is 18.7 Å². The molecular weight excluding hydrogens is 528 g/mol. The van der Waals surface area contributed by atoms with Crippen LogP contribution in [0, 0.1) is 6.92 Å². The van der Waals surface area contributed by atoms with Gasteiger partial charge in [0, 0.05) is 18.7 Å². The monoisotopic (exact) mass is 560 g/mol. The molecule has 1 saturated heterocycles. The highest BCUT2D eigenvalue weighted by atomic mass is 16.5. The quantitative estimate of drug-likeness (QED) is 0.212. The molecule has 4 N–H and O–H groups in total. The number of nitrogens with one attached hydrogen (secondary N) is 2. The van der Waals surface area contributed by atoms with Crippen molar-refractivity contribution in [1.82, 2.24) is 24.8 Å². The van der Waals surface area contributed by atoms with Crippen molar-refractivity contribution < 1.29 is 29.2 Å². The maximum atomic E-state index is 12.9. The number of aromatic nitrogens is 4. The van der Waals surface area contributed by atoms with Gasteiger partial charge in [-0.1, -0.05) is 29.8 Å². The van der Waals surface area contributed by atoms with Gasteiger partial charge < -0.3 is 35.1 Å². The topological polar surface area (TPSA) is 153 Å². The van der Waals surface area contributed by atoms with Gasteiger partial charge in [-0.3, -0.25) is 9.36 Å². The second-order valence-electron chi connectivity index (χ2n) is 9.64. The standard InChI is InChI=1S/C29H32N6O6/c1-17-5-4-6-19(9-17)13-30-27-25-28(32-15-31-27)35(16-33-25)29-24(26(38)22(14-36)41-29)34-23(37)8-7-18-10-20(39-2)12-21(11-18)40-3/h4-12,15-16,22,24,26,29,36,38H,13-14H2,1-3H3,(H,34,37)(H,30,31,32)/b8-7+/t22-,24-,26-,29-/m1/s1. The summed E-state index contributed by atoms with van der Waals surface area (Å²) in [6.07, 6.45) is 2.88. The minimum atomic E-state index is -1.18. The van der Waals surface area contributed by atoms with E-state index in [0.29, 0.717) is 40.6 Å². The zero-order chi connectivity index (χ0) is 28.9. The first-order valence-corrected chi connectivity index (χ1v) is 13.0. The second-order valence-corrected chi connectivity index (χ2v) is 9.64. The minimum Gasteiger partial charge on any atom is -0.497 e. The average molecular weight is 561 g/mol. The third-order valence-electron chi connectivity index (χ3n) is 6.84. The number of methoxy groups -OCH3 is 2. The SMILES string of the molecule is COc1cc(/C=C/C(=O)N[C@@H]2[C@H](O)[C@@H](CO)O[C@H]2n2cnc3c(NCc4cccc(C)c4)ncnc32)cc(OC)c1. The van der Waals surface area contributed by atoms with Gasteiger partial charge in [0.25, 0.3) is 0 Å². The molecule has 1 amide bonds. The maximum Gasteiger partial charge on any atom is 0.244 e. The fourth-order valence-electron chi connectivity index (χ4n) is 4.78. The van der Waals surface area contributed by atoms with Crippen LogP contribution in [0.1, 0.15) is 22.9 Å². The highest BCUT2D eigenvalue weighted by Crippen LogP contribution is 2.32. The molecule has 1 aliphatic heterocycles. The van der Waals surface area contributed by atoms with E-state index in [2.05, 4.69) is 31.7 Å².